The maximum atomic E-state index is 15.0. The van der Waals surface area contributed by atoms with Crippen LogP contribution in [-0.4, -0.2) is 42.3 Å². The second-order valence-electron chi connectivity index (χ2n) is 10.5. The molecule has 0 aromatic heterocycles. The number of hydrogen-bond donors (Lipinski definition) is 2. The van der Waals surface area contributed by atoms with Crippen molar-refractivity contribution in [3.05, 3.63) is 107 Å². The summed E-state index contributed by atoms with van der Waals surface area (Å²) in [5.41, 5.74) is 2.63. The number of piperidine rings is 1. The van der Waals surface area contributed by atoms with Crippen LogP contribution in [0, 0.1) is 5.41 Å². The SMILES string of the molecule is O=C1/C(=C/c2ccccc2)CNC[C@]12[C@@H](c1ccccc1)C1CCCN1[C@]21C(=O)Nc2ccccc21. The van der Waals surface area contributed by atoms with Crippen molar-refractivity contribution < 1.29 is 9.59 Å². The van der Waals surface area contributed by atoms with Gasteiger partial charge in [-0.15, -0.1) is 0 Å². The number of amides is 1. The summed E-state index contributed by atoms with van der Waals surface area (Å²) in [5, 5.41) is 6.81. The van der Waals surface area contributed by atoms with Gasteiger partial charge in [0.15, 0.2) is 5.78 Å². The average molecular weight is 476 g/mol. The van der Waals surface area contributed by atoms with Crippen LogP contribution in [0.25, 0.3) is 6.08 Å². The van der Waals surface area contributed by atoms with E-state index in [2.05, 4.69) is 45.9 Å². The molecule has 3 aromatic rings. The van der Waals surface area contributed by atoms with Crippen molar-refractivity contribution in [2.24, 2.45) is 5.41 Å². The Balaban J connectivity index is 1.52. The maximum Gasteiger partial charge on any atom is 0.250 e. The number of Topliss-reactive ketones (excluding diaryl/α,β-unsaturated/α-hetero) is 1. The number of fused-ring (bicyclic) bond motifs is 5. The molecule has 3 aromatic carbocycles. The van der Waals surface area contributed by atoms with Crippen LogP contribution in [0.15, 0.2) is 90.5 Å². The molecule has 4 heterocycles. The first-order valence-electron chi connectivity index (χ1n) is 12.9. The molecule has 3 fully saturated rings. The zero-order valence-electron chi connectivity index (χ0n) is 20.1. The molecular weight excluding hydrogens is 446 g/mol. The first kappa shape index (κ1) is 21.7. The predicted octanol–water partition coefficient (Wildman–Crippen LogP) is 4.34. The Labute approximate surface area is 211 Å². The van der Waals surface area contributed by atoms with E-state index in [1.54, 1.807) is 0 Å². The van der Waals surface area contributed by atoms with Crippen LogP contribution in [0.5, 0.6) is 0 Å². The number of nitrogens with one attached hydrogen (secondary N) is 2. The quantitative estimate of drug-likeness (QED) is 0.542. The van der Waals surface area contributed by atoms with Crippen LogP contribution in [0.4, 0.5) is 5.69 Å². The van der Waals surface area contributed by atoms with Gasteiger partial charge in [0.1, 0.15) is 5.54 Å². The number of anilines is 1. The molecule has 36 heavy (non-hydrogen) atoms. The fourth-order valence-electron chi connectivity index (χ4n) is 7.75. The maximum absolute atomic E-state index is 15.0. The van der Waals surface area contributed by atoms with Gasteiger partial charge in [-0.25, -0.2) is 0 Å². The molecule has 7 rings (SSSR count). The molecule has 2 spiro atoms. The monoisotopic (exact) mass is 475 g/mol. The lowest BCUT2D eigenvalue weighted by molar-refractivity contribution is -0.144. The van der Waals surface area contributed by atoms with Gasteiger partial charge < -0.3 is 10.6 Å². The molecule has 3 saturated heterocycles. The molecule has 1 amide bonds. The van der Waals surface area contributed by atoms with Crippen molar-refractivity contribution in [2.45, 2.75) is 30.3 Å². The number of benzene rings is 3. The molecule has 5 nitrogen and oxygen atoms in total. The third-order valence-electron chi connectivity index (χ3n) is 8.90. The topological polar surface area (TPSA) is 61.4 Å². The fourth-order valence-corrected chi connectivity index (χ4v) is 7.75. The first-order valence-corrected chi connectivity index (χ1v) is 12.9. The second-order valence-corrected chi connectivity index (χ2v) is 10.5. The molecule has 0 bridgehead atoms. The van der Waals surface area contributed by atoms with Crippen molar-refractivity contribution in [1.82, 2.24) is 10.2 Å². The largest absolute Gasteiger partial charge is 0.324 e. The predicted molar refractivity (Wildman–Crippen MR) is 140 cm³/mol. The van der Waals surface area contributed by atoms with Gasteiger partial charge in [-0.2, -0.15) is 0 Å². The molecule has 180 valence electrons. The summed E-state index contributed by atoms with van der Waals surface area (Å²) in [7, 11) is 0. The molecular formula is C31H29N3O2. The van der Waals surface area contributed by atoms with Gasteiger partial charge in [0.2, 0.25) is 0 Å². The molecule has 4 aliphatic rings. The van der Waals surface area contributed by atoms with Crippen LogP contribution in [-0.2, 0) is 15.1 Å². The number of nitrogens with zero attached hydrogens (tertiary/aromatic N) is 1. The minimum absolute atomic E-state index is 0.0647. The Hall–Kier alpha value is -3.54. The van der Waals surface area contributed by atoms with Crippen LogP contribution < -0.4 is 10.6 Å². The first-order chi connectivity index (χ1) is 17.7. The molecule has 5 heteroatoms. The molecule has 0 radical (unpaired) electrons. The lowest BCUT2D eigenvalue weighted by atomic mass is 9.55. The number of rotatable bonds is 2. The summed E-state index contributed by atoms with van der Waals surface area (Å²) in [6.45, 7) is 1.77. The number of carbonyl (C=O) groups is 2. The summed E-state index contributed by atoms with van der Waals surface area (Å²) in [6, 6.07) is 28.5. The van der Waals surface area contributed by atoms with Crippen molar-refractivity contribution in [2.75, 3.05) is 25.0 Å². The average Bonchev–Trinajstić information content (AvgIpc) is 3.56. The minimum atomic E-state index is -1.05. The molecule has 2 N–H and O–H groups in total. The third kappa shape index (κ3) is 2.67. The Morgan fingerprint density at radius 2 is 1.61 bits per heavy atom. The lowest BCUT2D eigenvalue weighted by Crippen LogP contribution is -2.65. The normalized spacial score (nSPS) is 32.3. The molecule has 0 aliphatic carbocycles. The van der Waals surface area contributed by atoms with Gasteiger partial charge in [-0.05, 0) is 42.7 Å². The van der Waals surface area contributed by atoms with E-state index in [0.29, 0.717) is 13.1 Å². The number of para-hydroxylation sites is 1. The van der Waals surface area contributed by atoms with Crippen molar-refractivity contribution in [3.63, 3.8) is 0 Å². The smallest absolute Gasteiger partial charge is 0.250 e. The Morgan fingerprint density at radius 3 is 2.42 bits per heavy atom. The van der Waals surface area contributed by atoms with Gasteiger partial charge >= 0.3 is 0 Å². The van der Waals surface area contributed by atoms with Gasteiger partial charge in [0, 0.05) is 41.9 Å². The van der Waals surface area contributed by atoms with Gasteiger partial charge in [-0.3, -0.25) is 14.5 Å². The highest BCUT2D eigenvalue weighted by Crippen LogP contribution is 2.67. The van der Waals surface area contributed by atoms with E-state index >= 15 is 0 Å². The Kier molecular flexibility index (Phi) is 4.82. The summed E-state index contributed by atoms with van der Waals surface area (Å²) >= 11 is 0. The van der Waals surface area contributed by atoms with Crippen LogP contribution >= 0.6 is 0 Å². The van der Waals surface area contributed by atoms with E-state index in [4.69, 9.17) is 0 Å². The lowest BCUT2D eigenvalue weighted by Gasteiger charge is -2.49. The van der Waals surface area contributed by atoms with E-state index < -0.39 is 11.0 Å². The number of ketones is 1. The van der Waals surface area contributed by atoms with Crippen molar-refractivity contribution in [1.29, 1.82) is 0 Å². The van der Waals surface area contributed by atoms with Crippen molar-refractivity contribution in [3.8, 4) is 0 Å². The van der Waals surface area contributed by atoms with Crippen LogP contribution in [0.2, 0.25) is 0 Å². The van der Waals surface area contributed by atoms with E-state index in [0.717, 1.165) is 47.3 Å². The molecule has 4 aliphatic heterocycles. The van der Waals surface area contributed by atoms with Gasteiger partial charge in [-0.1, -0.05) is 78.9 Å². The number of carbonyl (C=O) groups excluding carboxylic acids is 2. The Bertz CT molecular complexity index is 1390. The highest BCUT2D eigenvalue weighted by molar-refractivity contribution is 6.16. The molecule has 4 atom stereocenters. The highest BCUT2D eigenvalue weighted by atomic mass is 16.2. The zero-order valence-corrected chi connectivity index (χ0v) is 20.1. The van der Waals surface area contributed by atoms with Gasteiger partial charge in [0.05, 0.1) is 5.41 Å². The van der Waals surface area contributed by atoms with E-state index in [1.165, 1.54) is 0 Å². The second kappa shape index (κ2) is 7.99. The van der Waals surface area contributed by atoms with E-state index in [9.17, 15) is 9.59 Å². The zero-order chi connectivity index (χ0) is 24.3. The van der Waals surface area contributed by atoms with Crippen molar-refractivity contribution >= 4 is 23.5 Å². The number of hydrogen-bond acceptors (Lipinski definition) is 4. The van der Waals surface area contributed by atoms with E-state index in [1.807, 2.05) is 60.7 Å². The summed E-state index contributed by atoms with van der Waals surface area (Å²) in [4.78, 5) is 31.7. The molecule has 1 unspecified atom stereocenters. The summed E-state index contributed by atoms with van der Waals surface area (Å²) in [5.74, 6) is -0.0667. The summed E-state index contributed by atoms with van der Waals surface area (Å²) in [6.07, 6.45) is 4.01. The minimum Gasteiger partial charge on any atom is -0.324 e. The van der Waals surface area contributed by atoms with Crippen LogP contribution in [0.1, 0.15) is 35.4 Å². The standard InChI is InChI=1S/C31H29N3O2/c35-28-23(18-21-10-3-1-4-11-21)19-32-20-30(28)27(22-12-5-2-6-13-22)26-16-9-17-34(26)31(30)24-14-7-8-15-25(24)33-29(31)36/h1-8,10-15,18,26-27,32H,9,16-17,19-20H2,(H,33,36)/b23-18+/t26?,27-,30-,31+/m0/s1. The third-order valence-corrected chi connectivity index (χ3v) is 8.90. The fraction of sp³-hybridized carbons (Fsp3) is 0.290. The van der Waals surface area contributed by atoms with E-state index in [-0.39, 0.29) is 23.7 Å². The van der Waals surface area contributed by atoms with Gasteiger partial charge in [0.25, 0.3) is 5.91 Å². The highest BCUT2D eigenvalue weighted by Gasteiger charge is 2.77. The molecule has 0 saturated carbocycles. The van der Waals surface area contributed by atoms with Crippen LogP contribution in [0.3, 0.4) is 0 Å². The summed E-state index contributed by atoms with van der Waals surface area (Å²) < 4.78 is 0. The Morgan fingerprint density at radius 1 is 0.889 bits per heavy atom.